The SMILES string of the molecule is CCCC.FC(F)=C(F)C(F)(F)F. The molecule has 0 heterocycles. The summed E-state index contributed by atoms with van der Waals surface area (Å²) < 4.78 is 64.8. The Hall–Kier alpha value is -0.680. The Morgan fingerprint density at radius 2 is 1.23 bits per heavy atom. The highest BCUT2D eigenvalue weighted by Crippen LogP contribution is 2.29. The Labute approximate surface area is 72.2 Å². The second-order valence-electron chi connectivity index (χ2n) is 2.07. The molecule has 0 nitrogen and oxygen atoms in total. The van der Waals surface area contributed by atoms with Gasteiger partial charge in [-0.05, 0) is 0 Å². The van der Waals surface area contributed by atoms with Crippen LogP contribution in [0, 0.1) is 0 Å². The molecule has 6 heteroatoms. The van der Waals surface area contributed by atoms with Crippen molar-refractivity contribution in [2.75, 3.05) is 0 Å². The van der Waals surface area contributed by atoms with Gasteiger partial charge in [-0.1, -0.05) is 26.7 Å². The summed E-state index contributed by atoms with van der Waals surface area (Å²) in [6, 6.07) is 0. The van der Waals surface area contributed by atoms with Crippen LogP contribution in [0.3, 0.4) is 0 Å². The van der Waals surface area contributed by atoms with Crippen molar-refractivity contribution < 1.29 is 26.3 Å². The molecule has 80 valence electrons. The van der Waals surface area contributed by atoms with Gasteiger partial charge < -0.3 is 0 Å². The Bertz CT molecular complexity index is 151. The van der Waals surface area contributed by atoms with E-state index in [9.17, 15) is 26.3 Å². The summed E-state index contributed by atoms with van der Waals surface area (Å²) in [5.41, 5.74) is 0. The molecule has 0 aliphatic carbocycles. The van der Waals surface area contributed by atoms with Crippen LogP contribution in [-0.2, 0) is 0 Å². The molecule has 0 aliphatic rings. The van der Waals surface area contributed by atoms with Gasteiger partial charge in [-0.15, -0.1) is 0 Å². The van der Waals surface area contributed by atoms with Crippen LogP contribution in [0.15, 0.2) is 11.9 Å². The zero-order valence-electron chi connectivity index (χ0n) is 7.18. The fourth-order valence-electron chi connectivity index (χ4n) is 0.107. The quantitative estimate of drug-likeness (QED) is 0.559. The fraction of sp³-hybridized carbons (Fsp3) is 0.714. The maximum absolute atomic E-state index is 11.0. The molecule has 0 amide bonds. The summed E-state index contributed by atoms with van der Waals surface area (Å²) in [4.78, 5) is 0. The summed E-state index contributed by atoms with van der Waals surface area (Å²) in [5.74, 6) is -3.33. The van der Waals surface area contributed by atoms with Crippen LogP contribution in [0.2, 0.25) is 0 Å². The van der Waals surface area contributed by atoms with Crippen molar-refractivity contribution in [1.29, 1.82) is 0 Å². The summed E-state index contributed by atoms with van der Waals surface area (Å²) in [5, 5.41) is 0. The smallest absolute Gasteiger partial charge is 0.196 e. The van der Waals surface area contributed by atoms with Gasteiger partial charge in [0.2, 0.25) is 0 Å². The van der Waals surface area contributed by atoms with Crippen LogP contribution in [0.4, 0.5) is 26.3 Å². The first-order valence-electron chi connectivity index (χ1n) is 3.55. The molecule has 0 aromatic rings. The highest BCUT2D eigenvalue weighted by Gasteiger charge is 2.38. The van der Waals surface area contributed by atoms with Crippen molar-refractivity contribution in [2.45, 2.75) is 32.9 Å². The molecule has 0 aromatic carbocycles. The number of alkyl halides is 3. The minimum absolute atomic E-state index is 1.32. The molecule has 0 spiro atoms. The van der Waals surface area contributed by atoms with Crippen LogP contribution in [-0.4, -0.2) is 6.18 Å². The topological polar surface area (TPSA) is 0 Å². The number of hydrogen-bond donors (Lipinski definition) is 0. The van der Waals surface area contributed by atoms with Crippen molar-refractivity contribution in [3.05, 3.63) is 11.9 Å². The largest absolute Gasteiger partial charge is 0.448 e. The van der Waals surface area contributed by atoms with E-state index in [4.69, 9.17) is 0 Å². The average molecular weight is 208 g/mol. The molecule has 0 atom stereocenters. The van der Waals surface area contributed by atoms with Gasteiger partial charge in [0.25, 0.3) is 5.83 Å². The van der Waals surface area contributed by atoms with Gasteiger partial charge in [0, 0.05) is 0 Å². The van der Waals surface area contributed by atoms with E-state index in [1.54, 1.807) is 0 Å². The first-order valence-corrected chi connectivity index (χ1v) is 3.55. The lowest BCUT2D eigenvalue weighted by Gasteiger charge is -1.98. The van der Waals surface area contributed by atoms with Gasteiger partial charge in [-0.3, -0.25) is 0 Å². The Balaban J connectivity index is 0. The second kappa shape index (κ2) is 6.80. The van der Waals surface area contributed by atoms with Crippen LogP contribution < -0.4 is 0 Å². The molecule has 0 saturated carbocycles. The van der Waals surface area contributed by atoms with Crippen LogP contribution in [0.1, 0.15) is 26.7 Å². The van der Waals surface area contributed by atoms with Crippen molar-refractivity contribution in [2.24, 2.45) is 0 Å². The lowest BCUT2D eigenvalue weighted by atomic mass is 10.4. The molecule has 0 radical (unpaired) electrons. The number of halogens is 6. The molecule has 0 aromatic heterocycles. The van der Waals surface area contributed by atoms with Gasteiger partial charge in [0.05, 0.1) is 0 Å². The monoisotopic (exact) mass is 208 g/mol. The molecule has 0 fully saturated rings. The van der Waals surface area contributed by atoms with Crippen LogP contribution >= 0.6 is 0 Å². The summed E-state index contributed by atoms with van der Waals surface area (Å²) in [6.07, 6.45) is -6.26. The zero-order chi connectivity index (χ0) is 11.1. The van der Waals surface area contributed by atoms with Crippen molar-refractivity contribution in [1.82, 2.24) is 0 Å². The van der Waals surface area contributed by atoms with E-state index in [-0.39, 0.29) is 0 Å². The number of hydrogen-bond acceptors (Lipinski definition) is 0. The summed E-state index contributed by atoms with van der Waals surface area (Å²) >= 11 is 0. The predicted molar refractivity (Wildman–Crippen MR) is 37.0 cm³/mol. The van der Waals surface area contributed by atoms with Crippen molar-refractivity contribution in [3.8, 4) is 0 Å². The van der Waals surface area contributed by atoms with E-state index < -0.39 is 18.1 Å². The van der Waals surface area contributed by atoms with Crippen molar-refractivity contribution >= 4 is 0 Å². The van der Waals surface area contributed by atoms with E-state index >= 15 is 0 Å². The molecule has 0 N–H and O–H groups in total. The Kier molecular flexibility index (Phi) is 7.75. The third kappa shape index (κ3) is 9.23. The van der Waals surface area contributed by atoms with E-state index in [0.717, 1.165) is 0 Å². The Morgan fingerprint density at radius 1 is 0.923 bits per heavy atom. The highest BCUT2D eigenvalue weighted by molar-refractivity contribution is 4.98. The van der Waals surface area contributed by atoms with Gasteiger partial charge in [-0.25, -0.2) is 0 Å². The molecule has 0 saturated heterocycles. The zero-order valence-corrected chi connectivity index (χ0v) is 7.18. The van der Waals surface area contributed by atoms with Crippen LogP contribution in [0.25, 0.3) is 0 Å². The third-order valence-electron chi connectivity index (χ3n) is 0.915. The molecule has 0 unspecified atom stereocenters. The normalized spacial score (nSPS) is 10.2. The molecular weight excluding hydrogens is 198 g/mol. The van der Waals surface area contributed by atoms with E-state index in [0.29, 0.717) is 0 Å². The standard InChI is InChI=1S/C4H10.C3F6/c1-3-4-2;4-1(2(5)6)3(7,8)9/h3-4H2,1-2H3;. The summed E-state index contributed by atoms with van der Waals surface area (Å²) in [6.45, 7) is 4.36. The second-order valence-corrected chi connectivity index (χ2v) is 2.07. The van der Waals surface area contributed by atoms with Crippen molar-refractivity contribution in [3.63, 3.8) is 0 Å². The molecule has 0 bridgehead atoms. The number of unbranched alkanes of at least 4 members (excludes halogenated alkanes) is 1. The number of allylic oxidation sites excluding steroid dienone is 1. The molecule has 0 rings (SSSR count). The third-order valence-corrected chi connectivity index (χ3v) is 0.915. The first kappa shape index (κ1) is 14.8. The van der Waals surface area contributed by atoms with Gasteiger partial charge in [-0.2, -0.15) is 26.3 Å². The van der Waals surface area contributed by atoms with E-state index in [1.165, 1.54) is 12.8 Å². The van der Waals surface area contributed by atoms with Crippen LogP contribution in [0.5, 0.6) is 0 Å². The van der Waals surface area contributed by atoms with Gasteiger partial charge in [0.15, 0.2) is 0 Å². The van der Waals surface area contributed by atoms with Gasteiger partial charge >= 0.3 is 12.3 Å². The van der Waals surface area contributed by atoms with Gasteiger partial charge in [0.1, 0.15) is 0 Å². The summed E-state index contributed by atoms with van der Waals surface area (Å²) in [7, 11) is 0. The number of rotatable bonds is 1. The minimum atomic E-state index is -5.56. The Morgan fingerprint density at radius 3 is 1.23 bits per heavy atom. The minimum Gasteiger partial charge on any atom is -0.196 e. The van der Waals surface area contributed by atoms with E-state index in [2.05, 4.69) is 13.8 Å². The molecule has 0 aliphatic heterocycles. The maximum atomic E-state index is 11.0. The molecular formula is C7H10F6. The molecule has 13 heavy (non-hydrogen) atoms. The lowest BCUT2D eigenvalue weighted by Crippen LogP contribution is -2.08. The highest BCUT2D eigenvalue weighted by atomic mass is 19.4. The predicted octanol–water partition coefficient (Wildman–Crippen LogP) is 4.43. The fourth-order valence-corrected chi connectivity index (χ4v) is 0.107. The van der Waals surface area contributed by atoms with E-state index in [1.807, 2.05) is 0 Å². The lowest BCUT2D eigenvalue weighted by molar-refractivity contribution is -0.113. The average Bonchev–Trinajstić information content (AvgIpc) is 2.02. The maximum Gasteiger partial charge on any atom is 0.448 e. The first-order chi connectivity index (χ1) is 5.77.